The summed E-state index contributed by atoms with van der Waals surface area (Å²) >= 11 is 0. The molecule has 0 aliphatic heterocycles. The number of hydrogen-bond donors (Lipinski definition) is 2. The van der Waals surface area contributed by atoms with Crippen LogP contribution in [-0.2, 0) is 16.0 Å². The Morgan fingerprint density at radius 1 is 1.14 bits per heavy atom. The molecule has 0 saturated heterocycles. The van der Waals surface area contributed by atoms with Gasteiger partial charge in [0.25, 0.3) is 0 Å². The van der Waals surface area contributed by atoms with E-state index in [2.05, 4.69) is 12.2 Å². The van der Waals surface area contributed by atoms with Gasteiger partial charge in [0.1, 0.15) is 5.75 Å². The second-order valence-corrected chi connectivity index (χ2v) is 9.22. The summed E-state index contributed by atoms with van der Waals surface area (Å²) in [5.74, 6) is 2.16. The van der Waals surface area contributed by atoms with Crippen LogP contribution >= 0.6 is 0 Å². The van der Waals surface area contributed by atoms with Gasteiger partial charge >= 0.3 is 5.97 Å². The van der Waals surface area contributed by atoms with Crippen LogP contribution in [0.2, 0.25) is 0 Å². The first-order chi connectivity index (χ1) is 13.5. The minimum absolute atomic E-state index is 0.0809. The fraction of sp³-hybridized carbons (Fsp3) is 0.652. The predicted octanol–water partition coefficient (Wildman–Crippen LogP) is 4.65. The van der Waals surface area contributed by atoms with Crippen LogP contribution < -0.4 is 10.1 Å². The lowest BCUT2D eigenvalue weighted by atomic mass is 9.49. The second kappa shape index (κ2) is 7.76. The number of carboxylic acids is 1. The molecule has 2 N–H and O–H groups in total. The first-order valence-electron chi connectivity index (χ1n) is 10.8. The number of nitrogens with one attached hydrogen (secondary N) is 1. The molecule has 4 aliphatic rings. The van der Waals surface area contributed by atoms with Crippen LogP contribution in [0.4, 0.5) is 5.69 Å². The molecule has 0 aromatic heterocycles. The highest BCUT2D eigenvalue weighted by Gasteiger charge is 2.54. The maximum atomic E-state index is 13.4. The topological polar surface area (TPSA) is 75.6 Å². The van der Waals surface area contributed by atoms with Crippen molar-refractivity contribution in [1.82, 2.24) is 0 Å². The molecule has 1 aromatic rings. The highest BCUT2D eigenvalue weighted by atomic mass is 16.5. The van der Waals surface area contributed by atoms with E-state index in [1.54, 1.807) is 0 Å². The van der Waals surface area contributed by atoms with Crippen molar-refractivity contribution in [2.45, 2.75) is 64.7 Å². The van der Waals surface area contributed by atoms with Gasteiger partial charge in [0, 0.05) is 6.42 Å². The predicted molar refractivity (Wildman–Crippen MR) is 107 cm³/mol. The largest absolute Gasteiger partial charge is 0.491 e. The van der Waals surface area contributed by atoms with E-state index in [9.17, 15) is 9.59 Å². The molecule has 28 heavy (non-hydrogen) atoms. The minimum Gasteiger partial charge on any atom is -0.491 e. The molecule has 4 bridgehead atoms. The first kappa shape index (κ1) is 19.3. The van der Waals surface area contributed by atoms with Crippen molar-refractivity contribution in [1.29, 1.82) is 0 Å². The molecule has 152 valence electrons. The molecule has 4 fully saturated rings. The number of hydrogen-bond acceptors (Lipinski definition) is 3. The fourth-order valence-corrected chi connectivity index (χ4v) is 6.06. The Morgan fingerprint density at radius 3 is 2.36 bits per heavy atom. The molecule has 5 heteroatoms. The van der Waals surface area contributed by atoms with E-state index in [0.717, 1.165) is 49.0 Å². The summed E-state index contributed by atoms with van der Waals surface area (Å²) in [5, 5.41) is 12.2. The number of aliphatic carboxylic acids is 1. The lowest BCUT2D eigenvalue weighted by Crippen LogP contribution is -2.51. The van der Waals surface area contributed by atoms with Crippen LogP contribution in [0.15, 0.2) is 18.2 Å². The third-order valence-electron chi connectivity index (χ3n) is 6.90. The molecule has 4 aliphatic carbocycles. The van der Waals surface area contributed by atoms with Crippen molar-refractivity contribution < 1.29 is 19.4 Å². The summed E-state index contributed by atoms with van der Waals surface area (Å²) in [6.07, 6.45) is 8.41. The molecular weight excluding hydrogens is 354 g/mol. The summed E-state index contributed by atoms with van der Waals surface area (Å²) in [5.41, 5.74) is 1.39. The number of carbonyl (C=O) groups is 2. The van der Waals surface area contributed by atoms with E-state index >= 15 is 0 Å². The van der Waals surface area contributed by atoms with Crippen molar-refractivity contribution in [3.05, 3.63) is 23.8 Å². The molecule has 4 saturated carbocycles. The van der Waals surface area contributed by atoms with Crippen molar-refractivity contribution in [2.75, 3.05) is 11.9 Å². The third-order valence-corrected chi connectivity index (χ3v) is 6.90. The molecule has 0 heterocycles. The zero-order valence-corrected chi connectivity index (χ0v) is 16.7. The van der Waals surface area contributed by atoms with Crippen LogP contribution in [0, 0.1) is 23.2 Å². The number of amides is 1. The van der Waals surface area contributed by atoms with Gasteiger partial charge in [-0.05, 0) is 86.8 Å². The van der Waals surface area contributed by atoms with Gasteiger partial charge in [-0.25, -0.2) is 0 Å². The average Bonchev–Trinajstić information content (AvgIpc) is 2.64. The molecule has 1 aromatic carbocycles. The second-order valence-electron chi connectivity index (χ2n) is 9.22. The van der Waals surface area contributed by atoms with Crippen molar-refractivity contribution in [3.8, 4) is 5.75 Å². The molecular formula is C23H31NO4. The van der Waals surface area contributed by atoms with Crippen molar-refractivity contribution >= 4 is 17.6 Å². The van der Waals surface area contributed by atoms with Gasteiger partial charge in [0.05, 0.1) is 17.7 Å². The number of carboxylic acid groups (broad SMARTS) is 1. The maximum Gasteiger partial charge on any atom is 0.303 e. The van der Waals surface area contributed by atoms with Crippen molar-refractivity contribution in [3.63, 3.8) is 0 Å². The van der Waals surface area contributed by atoms with Gasteiger partial charge in [-0.1, -0.05) is 13.0 Å². The Morgan fingerprint density at radius 2 is 1.79 bits per heavy atom. The smallest absolute Gasteiger partial charge is 0.303 e. The highest BCUT2D eigenvalue weighted by Crippen LogP contribution is 2.60. The van der Waals surface area contributed by atoms with Gasteiger partial charge in [-0.2, -0.15) is 0 Å². The van der Waals surface area contributed by atoms with Gasteiger partial charge in [0.15, 0.2) is 0 Å². The summed E-state index contributed by atoms with van der Waals surface area (Å²) in [4.78, 5) is 24.3. The quantitative estimate of drug-likeness (QED) is 0.683. The average molecular weight is 386 g/mol. The monoisotopic (exact) mass is 385 g/mol. The summed E-state index contributed by atoms with van der Waals surface area (Å²) in [6.45, 7) is 2.64. The standard InChI is InChI=1S/C23H31NO4/c1-2-7-28-20-5-3-15(4-6-21(25)26)11-19(20)24-22(27)23-12-16-8-17(13-23)10-18(9-16)14-23/h3,5,11,16-18H,2,4,6-10,12-14H2,1H3,(H,24,27)(H,25,26). The van der Waals surface area contributed by atoms with E-state index in [1.165, 1.54) is 19.3 Å². The van der Waals surface area contributed by atoms with Crippen LogP contribution in [-0.4, -0.2) is 23.6 Å². The number of anilines is 1. The van der Waals surface area contributed by atoms with Gasteiger partial charge < -0.3 is 15.2 Å². The summed E-state index contributed by atoms with van der Waals surface area (Å²) in [7, 11) is 0. The number of rotatable bonds is 8. The number of ether oxygens (including phenoxy) is 1. The fourth-order valence-electron chi connectivity index (χ4n) is 6.06. The molecule has 0 spiro atoms. The zero-order chi connectivity index (χ0) is 19.7. The van der Waals surface area contributed by atoms with E-state index in [0.29, 0.717) is 24.5 Å². The van der Waals surface area contributed by atoms with Crippen LogP contribution in [0.3, 0.4) is 0 Å². The SMILES string of the molecule is CCCOc1ccc(CCC(=O)O)cc1NC(=O)C12CC3CC(CC(C3)C1)C2. The van der Waals surface area contributed by atoms with Crippen molar-refractivity contribution in [2.24, 2.45) is 23.2 Å². The summed E-state index contributed by atoms with van der Waals surface area (Å²) in [6, 6.07) is 5.66. The Kier molecular flexibility index (Phi) is 5.35. The third kappa shape index (κ3) is 3.89. The normalized spacial score (nSPS) is 30.2. The lowest BCUT2D eigenvalue weighted by molar-refractivity contribution is -0.140. The van der Waals surface area contributed by atoms with Gasteiger partial charge in [0.2, 0.25) is 5.91 Å². The van der Waals surface area contributed by atoms with E-state index in [4.69, 9.17) is 9.84 Å². The Labute approximate surface area is 166 Å². The Bertz CT molecular complexity index is 722. The molecule has 5 rings (SSSR count). The molecule has 0 radical (unpaired) electrons. The molecule has 0 unspecified atom stereocenters. The van der Waals surface area contributed by atoms with Crippen LogP contribution in [0.25, 0.3) is 0 Å². The summed E-state index contributed by atoms with van der Waals surface area (Å²) < 4.78 is 5.86. The van der Waals surface area contributed by atoms with Gasteiger partial charge in [-0.3, -0.25) is 9.59 Å². The molecule has 5 nitrogen and oxygen atoms in total. The number of carbonyl (C=O) groups excluding carboxylic acids is 1. The zero-order valence-electron chi connectivity index (χ0n) is 16.7. The first-order valence-corrected chi connectivity index (χ1v) is 10.8. The van der Waals surface area contributed by atoms with Crippen LogP contribution in [0.5, 0.6) is 5.75 Å². The van der Waals surface area contributed by atoms with Crippen LogP contribution in [0.1, 0.15) is 63.9 Å². The maximum absolute atomic E-state index is 13.4. The Hall–Kier alpha value is -2.04. The van der Waals surface area contributed by atoms with Gasteiger partial charge in [-0.15, -0.1) is 0 Å². The Balaban J connectivity index is 1.54. The van der Waals surface area contributed by atoms with E-state index in [1.807, 2.05) is 18.2 Å². The number of aryl methyl sites for hydroxylation is 1. The number of benzene rings is 1. The molecule has 0 atom stereocenters. The minimum atomic E-state index is -0.814. The van der Waals surface area contributed by atoms with E-state index in [-0.39, 0.29) is 17.7 Å². The lowest BCUT2D eigenvalue weighted by Gasteiger charge is -2.55. The highest BCUT2D eigenvalue weighted by molar-refractivity contribution is 5.97. The molecule has 1 amide bonds. The van der Waals surface area contributed by atoms with E-state index < -0.39 is 5.97 Å².